The van der Waals surface area contributed by atoms with E-state index in [1.165, 1.54) is 25.6 Å². The van der Waals surface area contributed by atoms with Crippen LogP contribution in [0.15, 0.2) is 24.8 Å². The molecule has 1 heterocycles. The summed E-state index contributed by atoms with van der Waals surface area (Å²) in [6.07, 6.45) is 3.84. The molecular weight excluding hydrogens is 315 g/mol. The van der Waals surface area contributed by atoms with E-state index >= 15 is 0 Å². The summed E-state index contributed by atoms with van der Waals surface area (Å²) in [7, 11) is 1.47. The normalized spacial score (nSPS) is 10.4. The average Bonchev–Trinajstić information content (AvgIpc) is 2.96. The smallest absolute Gasteiger partial charge is 0.251 e. The summed E-state index contributed by atoms with van der Waals surface area (Å²) in [6, 6.07) is 3.05. The van der Waals surface area contributed by atoms with Gasteiger partial charge in [0.15, 0.2) is 5.75 Å². The Bertz CT molecular complexity index is 594. The molecule has 0 fully saturated rings. The zero-order valence-electron chi connectivity index (χ0n) is 11.3. The van der Waals surface area contributed by atoms with Crippen molar-refractivity contribution in [2.45, 2.75) is 13.0 Å². The fourth-order valence-electron chi connectivity index (χ4n) is 1.78. The van der Waals surface area contributed by atoms with E-state index in [1.54, 1.807) is 11.0 Å². The second kappa shape index (κ2) is 7.28. The number of halogens is 2. The third-order valence-corrected chi connectivity index (χ3v) is 3.34. The van der Waals surface area contributed by atoms with Crippen LogP contribution in [0.1, 0.15) is 16.8 Å². The number of nitrogens with one attached hydrogen (secondary N) is 1. The van der Waals surface area contributed by atoms with Gasteiger partial charge in [-0.1, -0.05) is 23.2 Å². The van der Waals surface area contributed by atoms with Crippen LogP contribution in [0.3, 0.4) is 0 Å². The van der Waals surface area contributed by atoms with Gasteiger partial charge < -0.3 is 10.1 Å². The monoisotopic (exact) mass is 328 g/mol. The molecule has 1 N–H and O–H groups in total. The van der Waals surface area contributed by atoms with Crippen LogP contribution in [0, 0.1) is 0 Å². The summed E-state index contributed by atoms with van der Waals surface area (Å²) in [4.78, 5) is 15.8. The number of methoxy groups -OCH3 is 1. The van der Waals surface area contributed by atoms with Gasteiger partial charge in [0.25, 0.3) is 5.91 Å². The predicted molar refractivity (Wildman–Crippen MR) is 80.0 cm³/mol. The number of aryl methyl sites for hydroxylation is 1. The number of ether oxygens (including phenoxy) is 1. The van der Waals surface area contributed by atoms with Gasteiger partial charge in [-0.25, -0.2) is 4.98 Å². The van der Waals surface area contributed by atoms with E-state index < -0.39 is 0 Å². The lowest BCUT2D eigenvalue weighted by Gasteiger charge is -2.09. The van der Waals surface area contributed by atoms with Crippen molar-refractivity contribution in [3.63, 3.8) is 0 Å². The Morgan fingerprint density at radius 1 is 1.38 bits per heavy atom. The molecule has 2 rings (SSSR count). The van der Waals surface area contributed by atoms with Crippen LogP contribution < -0.4 is 10.1 Å². The van der Waals surface area contributed by atoms with E-state index in [0.29, 0.717) is 34.4 Å². The molecular formula is C13H14Cl2N4O2. The summed E-state index contributed by atoms with van der Waals surface area (Å²) in [5.41, 5.74) is 0.395. The Morgan fingerprint density at radius 3 is 2.67 bits per heavy atom. The zero-order chi connectivity index (χ0) is 15.2. The summed E-state index contributed by atoms with van der Waals surface area (Å²) in [5, 5.41) is 7.38. The van der Waals surface area contributed by atoms with Gasteiger partial charge in [0.2, 0.25) is 0 Å². The molecule has 2 aromatic rings. The summed E-state index contributed by atoms with van der Waals surface area (Å²) in [5.74, 6) is 0.126. The molecule has 0 saturated carbocycles. The van der Waals surface area contributed by atoms with Crippen molar-refractivity contribution in [2.24, 2.45) is 0 Å². The molecule has 0 aliphatic rings. The number of carbonyl (C=O) groups is 1. The summed E-state index contributed by atoms with van der Waals surface area (Å²) >= 11 is 12.0. The van der Waals surface area contributed by atoms with Gasteiger partial charge in [-0.05, 0) is 18.6 Å². The van der Waals surface area contributed by atoms with E-state index in [4.69, 9.17) is 27.9 Å². The Kier molecular flexibility index (Phi) is 5.41. The number of carbonyl (C=O) groups excluding carboxylic acids is 1. The topological polar surface area (TPSA) is 69.0 Å². The molecule has 112 valence electrons. The Labute approximate surface area is 132 Å². The Hall–Kier alpha value is -1.79. The van der Waals surface area contributed by atoms with Gasteiger partial charge in [0, 0.05) is 18.7 Å². The molecule has 1 amide bonds. The van der Waals surface area contributed by atoms with Gasteiger partial charge in [-0.3, -0.25) is 9.48 Å². The van der Waals surface area contributed by atoms with Crippen LogP contribution in [-0.4, -0.2) is 34.3 Å². The van der Waals surface area contributed by atoms with Crippen molar-refractivity contribution in [3.05, 3.63) is 40.4 Å². The summed E-state index contributed by atoms with van der Waals surface area (Å²) in [6.45, 7) is 1.20. The van der Waals surface area contributed by atoms with Crippen molar-refractivity contribution in [1.29, 1.82) is 0 Å². The third kappa shape index (κ3) is 4.09. The molecule has 1 aromatic heterocycles. The first-order valence-corrected chi connectivity index (χ1v) is 7.01. The highest BCUT2D eigenvalue weighted by Crippen LogP contribution is 2.33. The highest BCUT2D eigenvalue weighted by atomic mass is 35.5. The van der Waals surface area contributed by atoms with Crippen LogP contribution in [0.4, 0.5) is 0 Å². The highest BCUT2D eigenvalue weighted by molar-refractivity contribution is 6.37. The minimum Gasteiger partial charge on any atom is -0.494 e. The molecule has 1 aromatic carbocycles. The van der Waals surface area contributed by atoms with Crippen molar-refractivity contribution in [2.75, 3.05) is 13.7 Å². The van der Waals surface area contributed by atoms with Crippen molar-refractivity contribution in [3.8, 4) is 5.75 Å². The molecule has 0 bridgehead atoms. The lowest BCUT2D eigenvalue weighted by atomic mass is 10.2. The molecule has 21 heavy (non-hydrogen) atoms. The number of benzene rings is 1. The van der Waals surface area contributed by atoms with E-state index in [2.05, 4.69) is 15.4 Å². The van der Waals surface area contributed by atoms with Gasteiger partial charge in [-0.15, -0.1) is 0 Å². The first kappa shape index (κ1) is 15.6. The number of hydrogen-bond donors (Lipinski definition) is 1. The van der Waals surface area contributed by atoms with E-state index in [9.17, 15) is 4.79 Å². The maximum absolute atomic E-state index is 12.0. The maximum atomic E-state index is 12.0. The number of aromatic nitrogens is 3. The van der Waals surface area contributed by atoms with Crippen LogP contribution in [0.25, 0.3) is 0 Å². The first-order valence-electron chi connectivity index (χ1n) is 6.25. The number of nitrogens with zero attached hydrogens (tertiary/aromatic N) is 3. The SMILES string of the molecule is COc1c(Cl)cc(C(=O)NCCCn2cncn2)cc1Cl. The number of rotatable bonds is 6. The van der Waals surface area contributed by atoms with Gasteiger partial charge in [-0.2, -0.15) is 5.10 Å². The summed E-state index contributed by atoms with van der Waals surface area (Å²) < 4.78 is 6.74. The number of amides is 1. The molecule has 0 unspecified atom stereocenters. The van der Waals surface area contributed by atoms with E-state index in [-0.39, 0.29) is 5.91 Å². The van der Waals surface area contributed by atoms with Crippen LogP contribution in [0.2, 0.25) is 10.0 Å². The Balaban J connectivity index is 1.88. The minimum atomic E-state index is -0.236. The van der Waals surface area contributed by atoms with Crippen LogP contribution in [-0.2, 0) is 6.54 Å². The largest absolute Gasteiger partial charge is 0.494 e. The van der Waals surface area contributed by atoms with E-state index in [0.717, 1.165) is 6.42 Å². The quantitative estimate of drug-likeness (QED) is 0.827. The van der Waals surface area contributed by atoms with Gasteiger partial charge in [0.1, 0.15) is 12.7 Å². The standard InChI is InChI=1S/C13H14Cl2N4O2/c1-21-12-10(14)5-9(6-11(12)15)13(20)17-3-2-4-19-8-16-7-18-19/h5-8H,2-4H2,1H3,(H,17,20). The third-order valence-electron chi connectivity index (χ3n) is 2.78. The van der Waals surface area contributed by atoms with Gasteiger partial charge in [0.05, 0.1) is 17.2 Å². The fraction of sp³-hybridized carbons (Fsp3) is 0.308. The molecule has 6 nitrogen and oxygen atoms in total. The number of hydrogen-bond acceptors (Lipinski definition) is 4. The van der Waals surface area contributed by atoms with Crippen molar-refractivity contribution >= 4 is 29.1 Å². The maximum Gasteiger partial charge on any atom is 0.251 e. The van der Waals surface area contributed by atoms with Gasteiger partial charge >= 0.3 is 0 Å². The zero-order valence-corrected chi connectivity index (χ0v) is 12.9. The van der Waals surface area contributed by atoms with Crippen molar-refractivity contribution in [1.82, 2.24) is 20.1 Å². The Morgan fingerprint density at radius 2 is 2.10 bits per heavy atom. The molecule has 0 atom stereocenters. The first-order chi connectivity index (χ1) is 10.1. The van der Waals surface area contributed by atoms with Crippen molar-refractivity contribution < 1.29 is 9.53 Å². The molecule has 0 saturated heterocycles. The lowest BCUT2D eigenvalue weighted by Crippen LogP contribution is -2.25. The molecule has 8 heteroatoms. The van der Waals surface area contributed by atoms with E-state index in [1.807, 2.05) is 0 Å². The highest BCUT2D eigenvalue weighted by Gasteiger charge is 2.13. The second-order valence-corrected chi connectivity index (χ2v) is 5.06. The van der Waals surface area contributed by atoms with Crippen LogP contribution >= 0.6 is 23.2 Å². The lowest BCUT2D eigenvalue weighted by molar-refractivity contribution is 0.0952. The average molecular weight is 329 g/mol. The molecule has 0 radical (unpaired) electrons. The van der Waals surface area contributed by atoms with Crippen LogP contribution in [0.5, 0.6) is 5.75 Å². The molecule has 0 aliphatic carbocycles. The second-order valence-electron chi connectivity index (χ2n) is 4.24. The predicted octanol–water partition coefficient (Wildman–Crippen LogP) is 2.41. The molecule has 0 spiro atoms. The fourth-order valence-corrected chi connectivity index (χ4v) is 2.42. The molecule has 0 aliphatic heterocycles. The minimum absolute atomic E-state index is 0.236.